The molecule has 0 heterocycles. The lowest BCUT2D eigenvalue weighted by Gasteiger charge is -2.06. The van der Waals surface area contributed by atoms with E-state index in [9.17, 15) is 13.2 Å². The van der Waals surface area contributed by atoms with Gasteiger partial charge in [0.1, 0.15) is 13.2 Å². The standard InChI is InChI=1S/C17H16ClNO4S/c18-16-8-6-15(7-9-16)13-23-17(20)12-19-24(21,22)11-10-14-4-2-1-3-5-14/h1-11,19H,12-13H2/b11-10+. The number of rotatable bonds is 7. The first-order valence-corrected chi connectivity index (χ1v) is 9.00. The van der Waals surface area contributed by atoms with Gasteiger partial charge in [0.2, 0.25) is 10.0 Å². The van der Waals surface area contributed by atoms with Crippen LogP contribution in [0.1, 0.15) is 11.1 Å². The molecule has 2 rings (SSSR count). The number of hydrogen-bond donors (Lipinski definition) is 1. The maximum atomic E-state index is 11.8. The summed E-state index contributed by atoms with van der Waals surface area (Å²) in [6.07, 6.45) is 1.45. The highest BCUT2D eigenvalue weighted by atomic mass is 35.5. The van der Waals surface area contributed by atoms with Gasteiger partial charge >= 0.3 is 5.97 Å². The van der Waals surface area contributed by atoms with E-state index in [4.69, 9.17) is 16.3 Å². The van der Waals surface area contributed by atoms with Gasteiger partial charge in [-0.15, -0.1) is 0 Å². The zero-order chi connectivity index (χ0) is 17.4. The summed E-state index contributed by atoms with van der Waals surface area (Å²) < 4.78 is 30.8. The van der Waals surface area contributed by atoms with Crippen LogP contribution >= 0.6 is 11.6 Å². The molecule has 0 atom stereocenters. The van der Waals surface area contributed by atoms with E-state index in [2.05, 4.69) is 4.72 Å². The smallest absolute Gasteiger partial charge is 0.321 e. The normalized spacial score (nSPS) is 11.5. The molecule has 0 spiro atoms. The molecule has 0 bridgehead atoms. The number of hydrogen-bond acceptors (Lipinski definition) is 4. The Morgan fingerprint density at radius 2 is 1.75 bits per heavy atom. The number of benzene rings is 2. The minimum Gasteiger partial charge on any atom is -0.460 e. The van der Waals surface area contributed by atoms with Gasteiger partial charge in [0, 0.05) is 10.4 Å². The molecule has 0 saturated carbocycles. The number of carbonyl (C=O) groups is 1. The maximum Gasteiger partial charge on any atom is 0.321 e. The number of carbonyl (C=O) groups excluding carboxylic acids is 1. The number of halogens is 1. The van der Waals surface area contributed by atoms with Gasteiger partial charge in [-0.05, 0) is 29.3 Å². The third-order valence-corrected chi connectivity index (χ3v) is 4.26. The van der Waals surface area contributed by atoms with Crippen molar-refractivity contribution in [3.63, 3.8) is 0 Å². The van der Waals surface area contributed by atoms with Crippen molar-refractivity contribution in [2.24, 2.45) is 0 Å². The maximum absolute atomic E-state index is 11.8. The third kappa shape index (κ3) is 6.54. The Morgan fingerprint density at radius 3 is 2.42 bits per heavy atom. The quantitative estimate of drug-likeness (QED) is 0.765. The van der Waals surface area contributed by atoms with Crippen LogP contribution in [0.15, 0.2) is 60.0 Å². The number of esters is 1. The van der Waals surface area contributed by atoms with Crippen molar-refractivity contribution in [3.05, 3.63) is 76.2 Å². The highest BCUT2D eigenvalue weighted by Crippen LogP contribution is 2.10. The third-order valence-electron chi connectivity index (χ3n) is 2.97. The summed E-state index contributed by atoms with van der Waals surface area (Å²) in [5.74, 6) is -0.665. The summed E-state index contributed by atoms with van der Waals surface area (Å²) in [6.45, 7) is -0.382. The Bertz CT molecular complexity index is 802. The van der Waals surface area contributed by atoms with Gasteiger partial charge in [0.15, 0.2) is 0 Å². The molecular weight excluding hydrogens is 350 g/mol. The average molecular weight is 366 g/mol. The van der Waals surface area contributed by atoms with Crippen LogP contribution < -0.4 is 4.72 Å². The molecule has 24 heavy (non-hydrogen) atoms. The molecule has 1 N–H and O–H groups in total. The predicted molar refractivity (Wildman–Crippen MR) is 93.6 cm³/mol. The lowest BCUT2D eigenvalue weighted by molar-refractivity contribution is -0.143. The number of sulfonamides is 1. The van der Waals surface area contributed by atoms with Crippen LogP contribution in [0.3, 0.4) is 0 Å². The van der Waals surface area contributed by atoms with E-state index < -0.39 is 22.5 Å². The van der Waals surface area contributed by atoms with Crippen LogP contribution in [0.5, 0.6) is 0 Å². The molecule has 2 aromatic carbocycles. The first kappa shape index (κ1) is 18.2. The van der Waals surface area contributed by atoms with Crippen molar-refractivity contribution in [1.29, 1.82) is 0 Å². The molecule has 2 aromatic rings. The summed E-state index contributed by atoms with van der Waals surface area (Å²) in [5.41, 5.74) is 1.51. The minimum atomic E-state index is -3.71. The Morgan fingerprint density at radius 1 is 1.08 bits per heavy atom. The molecule has 0 unspecified atom stereocenters. The van der Waals surface area contributed by atoms with E-state index in [1.807, 2.05) is 6.07 Å². The summed E-state index contributed by atoms with van der Waals surface area (Å²) in [7, 11) is -3.71. The molecule has 0 saturated heterocycles. The van der Waals surface area contributed by atoms with Gasteiger partial charge in [-0.1, -0.05) is 54.1 Å². The fraction of sp³-hybridized carbons (Fsp3) is 0.118. The van der Waals surface area contributed by atoms with E-state index in [0.29, 0.717) is 5.02 Å². The molecule has 0 aliphatic carbocycles. The van der Waals surface area contributed by atoms with Crippen molar-refractivity contribution >= 4 is 33.7 Å². The van der Waals surface area contributed by atoms with Crippen LogP contribution in [0, 0.1) is 0 Å². The highest BCUT2D eigenvalue weighted by Gasteiger charge is 2.10. The Labute approximate surface area is 146 Å². The van der Waals surface area contributed by atoms with E-state index in [1.54, 1.807) is 48.5 Å². The SMILES string of the molecule is O=C(CNS(=O)(=O)/C=C/c1ccccc1)OCc1ccc(Cl)cc1. The van der Waals surface area contributed by atoms with Gasteiger partial charge in [-0.25, -0.2) is 13.1 Å². The van der Waals surface area contributed by atoms with Gasteiger partial charge in [-0.3, -0.25) is 4.79 Å². The monoisotopic (exact) mass is 365 g/mol. The summed E-state index contributed by atoms with van der Waals surface area (Å²) in [4.78, 5) is 11.6. The largest absolute Gasteiger partial charge is 0.460 e. The second kappa shape index (κ2) is 8.63. The van der Waals surface area contributed by atoms with E-state index in [1.165, 1.54) is 6.08 Å². The fourth-order valence-corrected chi connectivity index (χ4v) is 2.61. The van der Waals surface area contributed by atoms with E-state index >= 15 is 0 Å². The Balaban J connectivity index is 1.79. The lowest BCUT2D eigenvalue weighted by atomic mass is 10.2. The molecule has 0 fully saturated rings. The van der Waals surface area contributed by atoms with Crippen molar-refractivity contribution in [3.8, 4) is 0 Å². The molecule has 126 valence electrons. The van der Waals surface area contributed by atoms with Crippen molar-refractivity contribution in [1.82, 2.24) is 4.72 Å². The molecule has 0 aromatic heterocycles. The molecule has 0 aliphatic heterocycles. The lowest BCUT2D eigenvalue weighted by Crippen LogP contribution is -2.29. The Kier molecular flexibility index (Phi) is 6.54. The van der Waals surface area contributed by atoms with Crippen molar-refractivity contribution in [2.75, 3.05) is 6.54 Å². The molecule has 0 radical (unpaired) electrons. The summed E-state index contributed by atoms with van der Waals surface area (Å²) in [6, 6.07) is 15.8. The number of nitrogens with one attached hydrogen (secondary N) is 1. The predicted octanol–water partition coefficient (Wildman–Crippen LogP) is 2.97. The average Bonchev–Trinajstić information content (AvgIpc) is 2.59. The zero-order valence-electron chi connectivity index (χ0n) is 12.7. The highest BCUT2D eigenvalue weighted by molar-refractivity contribution is 7.92. The van der Waals surface area contributed by atoms with Crippen molar-refractivity contribution < 1.29 is 17.9 Å². The van der Waals surface area contributed by atoms with Crippen LogP contribution in [-0.2, 0) is 26.2 Å². The van der Waals surface area contributed by atoms with E-state index in [-0.39, 0.29) is 6.61 Å². The Hall–Kier alpha value is -2.15. The fourth-order valence-electron chi connectivity index (χ4n) is 1.74. The van der Waals surface area contributed by atoms with E-state index in [0.717, 1.165) is 16.5 Å². The van der Waals surface area contributed by atoms with Crippen LogP contribution in [0.2, 0.25) is 5.02 Å². The van der Waals surface area contributed by atoms with Gasteiger partial charge < -0.3 is 4.74 Å². The molecule has 0 aliphatic rings. The summed E-state index contributed by atoms with van der Waals surface area (Å²) in [5, 5.41) is 1.59. The molecule has 0 amide bonds. The molecular formula is C17H16ClNO4S. The van der Waals surface area contributed by atoms with Gasteiger partial charge in [-0.2, -0.15) is 0 Å². The topological polar surface area (TPSA) is 72.5 Å². The zero-order valence-corrected chi connectivity index (χ0v) is 14.3. The van der Waals surface area contributed by atoms with Gasteiger partial charge in [0.25, 0.3) is 0 Å². The van der Waals surface area contributed by atoms with Gasteiger partial charge in [0.05, 0.1) is 0 Å². The summed E-state index contributed by atoms with van der Waals surface area (Å²) >= 11 is 5.76. The second-order valence-electron chi connectivity index (χ2n) is 4.87. The van der Waals surface area contributed by atoms with Crippen LogP contribution in [0.25, 0.3) is 6.08 Å². The van der Waals surface area contributed by atoms with Crippen LogP contribution in [0.4, 0.5) is 0 Å². The second-order valence-corrected chi connectivity index (χ2v) is 6.95. The number of ether oxygens (including phenoxy) is 1. The minimum absolute atomic E-state index is 0.0532. The molecule has 7 heteroatoms. The first-order chi connectivity index (χ1) is 11.4. The molecule has 5 nitrogen and oxygen atoms in total. The van der Waals surface area contributed by atoms with Crippen molar-refractivity contribution in [2.45, 2.75) is 6.61 Å². The van der Waals surface area contributed by atoms with Crippen LogP contribution in [-0.4, -0.2) is 20.9 Å². The first-order valence-electron chi connectivity index (χ1n) is 7.07.